The van der Waals surface area contributed by atoms with Gasteiger partial charge >= 0.3 is 0 Å². The molecule has 1 atom stereocenters. The van der Waals surface area contributed by atoms with E-state index in [4.69, 9.17) is 14.9 Å². The Kier molecular flexibility index (Phi) is 7.09. The molecule has 1 fully saturated rings. The van der Waals surface area contributed by atoms with Gasteiger partial charge in [-0.15, -0.1) is 0 Å². The van der Waals surface area contributed by atoms with Crippen LogP contribution in [0.3, 0.4) is 0 Å². The number of hydrogen-bond acceptors (Lipinski definition) is 7. The van der Waals surface area contributed by atoms with E-state index in [0.717, 1.165) is 43.3 Å². The number of amidine groups is 2. The zero-order valence-corrected chi connectivity index (χ0v) is 21.5. The number of amides is 2. The molecule has 2 aromatic carbocycles. The van der Waals surface area contributed by atoms with Crippen molar-refractivity contribution in [2.24, 2.45) is 10.1 Å². The average molecular weight is 518 g/mol. The third kappa shape index (κ3) is 5.29. The van der Waals surface area contributed by atoms with Crippen molar-refractivity contribution in [3.63, 3.8) is 0 Å². The molecule has 37 heavy (non-hydrogen) atoms. The Morgan fingerprint density at radius 1 is 1.16 bits per heavy atom. The monoisotopic (exact) mass is 517 g/mol. The van der Waals surface area contributed by atoms with E-state index in [2.05, 4.69) is 10.1 Å². The minimum absolute atomic E-state index is 0.00815. The van der Waals surface area contributed by atoms with Gasteiger partial charge in [-0.05, 0) is 60.9 Å². The van der Waals surface area contributed by atoms with Crippen LogP contribution in [0.1, 0.15) is 43.4 Å². The molecule has 3 aliphatic heterocycles. The van der Waals surface area contributed by atoms with Gasteiger partial charge in [0.05, 0.1) is 19.1 Å². The highest BCUT2D eigenvalue weighted by molar-refractivity contribution is 8.27. The van der Waals surface area contributed by atoms with E-state index in [-0.39, 0.29) is 29.8 Å². The molecule has 0 aliphatic carbocycles. The van der Waals surface area contributed by atoms with Crippen molar-refractivity contribution in [1.29, 1.82) is 5.41 Å². The lowest BCUT2D eigenvalue weighted by Gasteiger charge is -2.20. The number of likely N-dealkylation sites (tertiary alicyclic amines) is 1. The second-order valence-corrected chi connectivity index (χ2v) is 9.90. The summed E-state index contributed by atoms with van der Waals surface area (Å²) in [6.07, 6.45) is 3.58. The second kappa shape index (κ2) is 10.6. The van der Waals surface area contributed by atoms with Crippen LogP contribution in [-0.2, 0) is 9.59 Å². The van der Waals surface area contributed by atoms with Gasteiger partial charge in [0.25, 0.3) is 5.91 Å². The van der Waals surface area contributed by atoms with Crippen molar-refractivity contribution in [3.8, 4) is 11.5 Å². The van der Waals surface area contributed by atoms with Crippen LogP contribution in [0.4, 0.5) is 0 Å². The van der Waals surface area contributed by atoms with Crippen molar-refractivity contribution in [1.82, 2.24) is 9.91 Å². The number of methoxy groups -OCH3 is 1. The van der Waals surface area contributed by atoms with Crippen molar-refractivity contribution in [2.45, 2.75) is 32.3 Å². The van der Waals surface area contributed by atoms with Crippen molar-refractivity contribution < 1.29 is 19.1 Å². The molecular weight excluding hydrogens is 490 g/mol. The molecule has 5 rings (SSSR count). The van der Waals surface area contributed by atoms with E-state index in [1.807, 2.05) is 42.2 Å². The molecule has 1 N–H and O–H groups in total. The van der Waals surface area contributed by atoms with Gasteiger partial charge in [0.1, 0.15) is 11.1 Å². The Morgan fingerprint density at radius 3 is 2.65 bits per heavy atom. The average Bonchev–Trinajstić information content (AvgIpc) is 3.58. The van der Waals surface area contributed by atoms with Gasteiger partial charge in [0.15, 0.2) is 17.3 Å². The van der Waals surface area contributed by atoms with Crippen molar-refractivity contribution in [3.05, 3.63) is 65.2 Å². The molecule has 2 aromatic rings. The fraction of sp³-hybridized carbons (Fsp3) is 0.296. The fourth-order valence-electron chi connectivity index (χ4n) is 4.33. The van der Waals surface area contributed by atoms with Gasteiger partial charge < -0.3 is 14.4 Å². The molecule has 1 unspecified atom stereocenters. The van der Waals surface area contributed by atoms with Crippen LogP contribution in [0.25, 0.3) is 6.08 Å². The van der Waals surface area contributed by atoms with E-state index in [9.17, 15) is 9.59 Å². The van der Waals surface area contributed by atoms with Crippen LogP contribution in [0, 0.1) is 5.41 Å². The van der Waals surface area contributed by atoms with Gasteiger partial charge in [-0.25, -0.2) is 0 Å². The van der Waals surface area contributed by atoms with E-state index >= 15 is 0 Å². The first kappa shape index (κ1) is 24.8. The topological polar surface area (TPSA) is 108 Å². The third-order valence-electron chi connectivity index (χ3n) is 6.33. The molecule has 3 heterocycles. The summed E-state index contributed by atoms with van der Waals surface area (Å²) >= 11 is 1.16. The molecule has 0 spiro atoms. The summed E-state index contributed by atoms with van der Waals surface area (Å²) in [5.41, 5.74) is 1.80. The number of hydrazone groups is 1. The zero-order chi connectivity index (χ0) is 25.9. The lowest BCUT2D eigenvalue weighted by molar-refractivity contribution is -0.128. The number of nitrogens with one attached hydrogen (secondary N) is 1. The molecule has 190 valence electrons. The quantitative estimate of drug-likeness (QED) is 0.543. The number of carbonyl (C=O) groups excluding carboxylic acids is 2. The first-order valence-electron chi connectivity index (χ1n) is 12.1. The number of aliphatic imine (C=N–C) groups is 1. The Hall–Kier alpha value is -3.92. The zero-order valence-electron chi connectivity index (χ0n) is 20.6. The Morgan fingerprint density at radius 2 is 1.92 bits per heavy atom. The molecule has 0 aromatic heterocycles. The summed E-state index contributed by atoms with van der Waals surface area (Å²) in [6.45, 7) is 3.49. The normalized spacial score (nSPS) is 19.0. The number of hydrogen-bond donors (Lipinski definition) is 1. The first-order chi connectivity index (χ1) is 17.9. The van der Waals surface area contributed by atoms with Crippen molar-refractivity contribution >= 4 is 45.7 Å². The number of benzene rings is 2. The number of rotatable bonds is 7. The number of fused-ring (bicyclic) bond motifs is 1. The summed E-state index contributed by atoms with van der Waals surface area (Å²) in [4.78, 5) is 31.3. The minimum Gasteiger partial charge on any atom is -0.493 e. The van der Waals surface area contributed by atoms with E-state index in [1.54, 1.807) is 31.4 Å². The number of ether oxygens (including phenoxy) is 2. The van der Waals surface area contributed by atoms with Crippen LogP contribution in [-0.4, -0.2) is 58.0 Å². The minimum atomic E-state index is -0.525. The van der Waals surface area contributed by atoms with Gasteiger partial charge in [-0.3, -0.25) is 15.0 Å². The molecule has 10 heteroatoms. The molecule has 1 saturated heterocycles. The smallest absolute Gasteiger partial charge is 0.283 e. The Bertz CT molecular complexity index is 1330. The van der Waals surface area contributed by atoms with Gasteiger partial charge in [0.2, 0.25) is 11.1 Å². The summed E-state index contributed by atoms with van der Waals surface area (Å²) < 4.78 is 11.6. The SMILES string of the molecule is COc1cc(C=C2C(=N)N3N=C(CC(=O)N4CCCC4)SC3=NC2=O)ccc1OC(C)c1ccccc1. The molecule has 0 radical (unpaired) electrons. The second-order valence-electron chi connectivity index (χ2n) is 8.86. The highest BCUT2D eigenvalue weighted by Crippen LogP contribution is 2.34. The van der Waals surface area contributed by atoms with Gasteiger partial charge in [-0.2, -0.15) is 15.1 Å². The third-order valence-corrected chi connectivity index (χ3v) is 7.24. The van der Waals surface area contributed by atoms with Crippen LogP contribution >= 0.6 is 11.8 Å². The highest BCUT2D eigenvalue weighted by atomic mass is 32.2. The molecule has 0 bridgehead atoms. The van der Waals surface area contributed by atoms with Crippen LogP contribution in [0.5, 0.6) is 11.5 Å². The van der Waals surface area contributed by atoms with Gasteiger partial charge in [0, 0.05) is 13.1 Å². The number of carbonyl (C=O) groups is 2. The van der Waals surface area contributed by atoms with Crippen LogP contribution in [0.2, 0.25) is 0 Å². The largest absolute Gasteiger partial charge is 0.493 e. The summed E-state index contributed by atoms with van der Waals surface area (Å²) in [5.74, 6) is 0.479. The number of nitrogens with zero attached hydrogens (tertiary/aromatic N) is 4. The summed E-state index contributed by atoms with van der Waals surface area (Å²) in [6, 6.07) is 15.2. The maximum absolute atomic E-state index is 12.8. The lowest BCUT2D eigenvalue weighted by Crippen LogP contribution is -2.35. The Balaban J connectivity index is 1.33. The van der Waals surface area contributed by atoms with Crippen LogP contribution in [0.15, 0.2) is 64.2 Å². The fourth-order valence-corrected chi connectivity index (χ4v) is 5.21. The highest BCUT2D eigenvalue weighted by Gasteiger charge is 2.36. The molecule has 9 nitrogen and oxygen atoms in total. The summed E-state index contributed by atoms with van der Waals surface area (Å²) in [5, 5.41) is 15.2. The number of thioether (sulfide) groups is 1. The lowest BCUT2D eigenvalue weighted by atomic mass is 10.1. The maximum Gasteiger partial charge on any atom is 0.283 e. The molecular formula is C27H27N5O4S. The Labute approximate surface area is 219 Å². The van der Waals surface area contributed by atoms with E-state index in [1.165, 1.54) is 5.01 Å². The standard InChI is InChI=1S/C27H27N5O4S/c1-17(19-8-4-3-5-9-19)36-21-11-10-18(15-22(21)35-2)14-20-25(28)32-27(29-26(20)34)37-23(30-32)16-24(33)31-12-6-7-13-31/h3-5,8-11,14-15,17,28H,6-7,12-13,16H2,1-2H3. The van der Waals surface area contributed by atoms with Gasteiger partial charge in [-0.1, -0.05) is 36.4 Å². The predicted molar refractivity (Wildman–Crippen MR) is 144 cm³/mol. The molecule has 0 saturated carbocycles. The summed E-state index contributed by atoms with van der Waals surface area (Å²) in [7, 11) is 1.55. The van der Waals surface area contributed by atoms with E-state index < -0.39 is 5.91 Å². The van der Waals surface area contributed by atoms with Crippen LogP contribution < -0.4 is 9.47 Å². The van der Waals surface area contributed by atoms with Crippen molar-refractivity contribution in [2.75, 3.05) is 20.2 Å². The predicted octanol–water partition coefficient (Wildman–Crippen LogP) is 4.47. The maximum atomic E-state index is 12.8. The molecule has 3 aliphatic rings. The van der Waals surface area contributed by atoms with E-state index in [0.29, 0.717) is 27.3 Å². The first-order valence-corrected chi connectivity index (χ1v) is 12.9. The molecule has 2 amide bonds.